The van der Waals surface area contributed by atoms with Gasteiger partial charge in [-0.3, -0.25) is 4.79 Å². The molecular weight excluding hydrogens is 332 g/mol. The minimum atomic E-state index is -0.126. The third-order valence-corrected chi connectivity index (χ3v) is 7.56. The molecule has 1 aromatic heterocycles. The molecule has 4 aliphatic rings. The Labute approximate surface area is 154 Å². The summed E-state index contributed by atoms with van der Waals surface area (Å²) < 4.78 is 7.48. The Kier molecular flexibility index (Phi) is 4.23. The Morgan fingerprint density at radius 1 is 1.32 bits per heavy atom. The molecule has 0 saturated heterocycles. The van der Waals surface area contributed by atoms with Crippen molar-refractivity contribution in [3.8, 4) is 0 Å². The van der Waals surface area contributed by atoms with Crippen molar-refractivity contribution in [1.29, 1.82) is 0 Å². The first-order valence-corrected chi connectivity index (χ1v) is 10.5. The molecule has 5 heteroatoms. The summed E-state index contributed by atoms with van der Waals surface area (Å²) in [5.74, 6) is 2.33. The van der Waals surface area contributed by atoms with Crippen LogP contribution >= 0.6 is 11.3 Å². The fraction of sp³-hybridized carbons (Fsp3) is 0.800. The van der Waals surface area contributed by atoms with Gasteiger partial charge in [0, 0.05) is 30.1 Å². The van der Waals surface area contributed by atoms with E-state index in [4.69, 9.17) is 9.73 Å². The van der Waals surface area contributed by atoms with Crippen LogP contribution in [0, 0.1) is 23.2 Å². The number of amides is 1. The summed E-state index contributed by atoms with van der Waals surface area (Å²) in [7, 11) is 1.72. The lowest BCUT2D eigenvalue weighted by atomic mass is 9.75. The van der Waals surface area contributed by atoms with Crippen LogP contribution in [0.1, 0.15) is 58.6 Å². The van der Waals surface area contributed by atoms with Gasteiger partial charge in [-0.15, -0.1) is 11.3 Å². The first kappa shape index (κ1) is 17.5. The molecular formula is C20H30N2O2S. The molecule has 1 aromatic rings. The molecule has 2 atom stereocenters. The lowest BCUT2D eigenvalue weighted by molar-refractivity contribution is -0.129. The molecule has 4 bridgehead atoms. The van der Waals surface area contributed by atoms with Gasteiger partial charge in [-0.25, -0.2) is 0 Å². The third kappa shape index (κ3) is 2.84. The number of nitrogens with zero attached hydrogens (tertiary/aromatic N) is 2. The Balaban J connectivity index is 1.69. The molecule has 4 saturated carbocycles. The maximum Gasteiger partial charge on any atom is 0.254 e. The molecule has 0 N–H and O–H groups in total. The highest BCUT2D eigenvalue weighted by atomic mass is 32.1. The monoisotopic (exact) mass is 362 g/mol. The van der Waals surface area contributed by atoms with Crippen LogP contribution in [0.15, 0.2) is 10.4 Å². The molecule has 4 fully saturated rings. The minimum Gasteiger partial charge on any atom is -0.383 e. The van der Waals surface area contributed by atoms with E-state index in [-0.39, 0.29) is 16.7 Å². The molecule has 4 nitrogen and oxygen atoms in total. The average Bonchev–Trinajstić information content (AvgIpc) is 3.12. The summed E-state index contributed by atoms with van der Waals surface area (Å²) in [5.41, 5.74) is 1.14. The van der Waals surface area contributed by atoms with Gasteiger partial charge < -0.3 is 9.30 Å². The van der Waals surface area contributed by atoms with Gasteiger partial charge in [0.2, 0.25) is 0 Å². The number of carbonyl (C=O) groups excluding carboxylic acids is 1. The van der Waals surface area contributed by atoms with Gasteiger partial charge in [-0.2, -0.15) is 4.99 Å². The highest BCUT2D eigenvalue weighted by molar-refractivity contribution is 7.07. The number of hydrogen-bond acceptors (Lipinski definition) is 3. The summed E-state index contributed by atoms with van der Waals surface area (Å²) in [4.78, 5) is 18.8. The highest BCUT2D eigenvalue weighted by Gasteiger charge is 2.61. The first-order chi connectivity index (χ1) is 11.8. The zero-order valence-electron chi connectivity index (χ0n) is 15.9. The van der Waals surface area contributed by atoms with E-state index in [0.29, 0.717) is 12.5 Å². The van der Waals surface area contributed by atoms with Crippen molar-refractivity contribution in [2.45, 2.75) is 64.8 Å². The molecule has 4 aliphatic carbocycles. The molecule has 1 heterocycles. The van der Waals surface area contributed by atoms with Gasteiger partial charge in [-0.1, -0.05) is 20.8 Å². The fourth-order valence-corrected chi connectivity index (χ4v) is 6.90. The number of rotatable bonds is 4. The molecule has 0 spiro atoms. The minimum absolute atomic E-state index is 0.0320. The summed E-state index contributed by atoms with van der Waals surface area (Å²) in [6.07, 6.45) is 6.06. The Morgan fingerprint density at radius 3 is 2.60 bits per heavy atom. The van der Waals surface area contributed by atoms with Crippen LogP contribution in [-0.2, 0) is 21.5 Å². The largest absolute Gasteiger partial charge is 0.383 e. The van der Waals surface area contributed by atoms with Crippen molar-refractivity contribution in [1.82, 2.24) is 4.57 Å². The number of aromatic nitrogens is 1. The van der Waals surface area contributed by atoms with Crippen molar-refractivity contribution in [2.24, 2.45) is 28.2 Å². The fourth-order valence-electron chi connectivity index (χ4n) is 5.75. The lowest BCUT2D eigenvalue weighted by Gasteiger charge is -2.29. The second kappa shape index (κ2) is 6.05. The third-order valence-electron chi connectivity index (χ3n) is 6.70. The topological polar surface area (TPSA) is 43.6 Å². The van der Waals surface area contributed by atoms with E-state index in [9.17, 15) is 4.79 Å². The zero-order valence-corrected chi connectivity index (χ0v) is 16.7. The number of hydrogen-bond donors (Lipinski definition) is 0. The van der Waals surface area contributed by atoms with Gasteiger partial charge in [0.1, 0.15) is 0 Å². The first-order valence-electron chi connectivity index (χ1n) is 9.60. The van der Waals surface area contributed by atoms with Gasteiger partial charge in [0.05, 0.1) is 12.0 Å². The second-order valence-electron chi connectivity index (χ2n) is 9.42. The number of methoxy groups -OCH3 is 1. The van der Waals surface area contributed by atoms with Gasteiger partial charge >= 0.3 is 0 Å². The summed E-state index contributed by atoms with van der Waals surface area (Å²) in [6.45, 7) is 8.01. The van der Waals surface area contributed by atoms with E-state index in [0.717, 1.165) is 36.0 Å². The van der Waals surface area contributed by atoms with Crippen molar-refractivity contribution in [3.63, 3.8) is 0 Å². The number of thiazole rings is 1. The van der Waals surface area contributed by atoms with Gasteiger partial charge in [0.25, 0.3) is 5.91 Å². The molecule has 138 valence electrons. The lowest BCUT2D eigenvalue weighted by Crippen LogP contribution is -2.34. The quantitative estimate of drug-likeness (QED) is 0.819. The van der Waals surface area contributed by atoms with E-state index in [1.54, 1.807) is 18.4 Å². The summed E-state index contributed by atoms with van der Waals surface area (Å²) >= 11 is 1.60. The Hall–Kier alpha value is -0.940. The van der Waals surface area contributed by atoms with E-state index in [1.165, 1.54) is 25.0 Å². The van der Waals surface area contributed by atoms with E-state index >= 15 is 0 Å². The van der Waals surface area contributed by atoms with Crippen LogP contribution in [0.5, 0.6) is 0 Å². The summed E-state index contributed by atoms with van der Waals surface area (Å²) in [5, 5.41) is 2.16. The summed E-state index contributed by atoms with van der Waals surface area (Å²) in [6, 6.07) is 0. The SMILES string of the molecule is COCCn1c(C(C)(C)C)cs/c1=N\C(=O)C12CC3CC(CC1C3)C2. The van der Waals surface area contributed by atoms with Crippen molar-refractivity contribution in [3.05, 3.63) is 15.9 Å². The van der Waals surface area contributed by atoms with Crippen LogP contribution in [-0.4, -0.2) is 24.2 Å². The standard InChI is InChI=1S/C20H30N2O2S/c1-19(2,3)16-12-25-18(22(16)5-6-24-4)21-17(23)20-10-13-7-14(11-20)9-15(20)8-13/h12-15H,5-11H2,1-4H3/b21-18-. The van der Waals surface area contributed by atoms with Crippen LogP contribution in [0.3, 0.4) is 0 Å². The normalized spacial score (nSPS) is 34.2. The van der Waals surface area contributed by atoms with Crippen molar-refractivity contribution >= 4 is 17.2 Å². The van der Waals surface area contributed by atoms with E-state index in [2.05, 4.69) is 30.7 Å². The number of ether oxygens (including phenoxy) is 1. The number of carbonyl (C=O) groups is 1. The van der Waals surface area contributed by atoms with Crippen molar-refractivity contribution < 1.29 is 9.53 Å². The van der Waals surface area contributed by atoms with E-state index in [1.807, 2.05) is 0 Å². The molecule has 1 amide bonds. The van der Waals surface area contributed by atoms with Gasteiger partial charge in [-0.05, 0) is 49.9 Å². The zero-order chi connectivity index (χ0) is 17.8. The van der Waals surface area contributed by atoms with Crippen molar-refractivity contribution in [2.75, 3.05) is 13.7 Å². The maximum atomic E-state index is 13.3. The maximum absolute atomic E-state index is 13.3. The van der Waals surface area contributed by atoms with Gasteiger partial charge in [0.15, 0.2) is 4.80 Å². The Bertz CT molecular complexity index is 726. The van der Waals surface area contributed by atoms with Crippen LogP contribution in [0.2, 0.25) is 0 Å². The molecule has 0 aliphatic heterocycles. The smallest absolute Gasteiger partial charge is 0.254 e. The predicted octanol–water partition coefficient (Wildman–Crippen LogP) is 3.75. The average molecular weight is 363 g/mol. The highest BCUT2D eigenvalue weighted by Crippen LogP contribution is 2.65. The van der Waals surface area contributed by atoms with E-state index < -0.39 is 0 Å². The van der Waals surface area contributed by atoms with Crippen LogP contribution in [0.25, 0.3) is 0 Å². The molecule has 2 unspecified atom stereocenters. The van der Waals surface area contributed by atoms with Crippen LogP contribution < -0.4 is 4.80 Å². The Morgan fingerprint density at radius 2 is 2.00 bits per heavy atom. The van der Waals surface area contributed by atoms with Crippen LogP contribution in [0.4, 0.5) is 0 Å². The predicted molar refractivity (Wildman–Crippen MR) is 99.4 cm³/mol. The molecule has 5 rings (SSSR count). The second-order valence-corrected chi connectivity index (χ2v) is 10.3. The molecule has 0 aromatic carbocycles. The molecule has 25 heavy (non-hydrogen) atoms. The molecule has 0 radical (unpaired) electrons.